The minimum atomic E-state index is -1.07. The van der Waals surface area contributed by atoms with Crippen molar-refractivity contribution >= 4 is 29.0 Å². The molecule has 6 rings (SSSR count). The topological polar surface area (TPSA) is 62.3 Å². The fraction of sp³-hybridized carbons (Fsp3) is 0.269. The van der Waals surface area contributed by atoms with Crippen molar-refractivity contribution in [2.45, 2.75) is 30.3 Å². The molecule has 3 aromatic rings. The van der Waals surface area contributed by atoms with Crippen LogP contribution in [0.5, 0.6) is 0 Å². The van der Waals surface area contributed by atoms with Crippen molar-refractivity contribution in [2.75, 3.05) is 11.9 Å². The summed E-state index contributed by atoms with van der Waals surface area (Å²) in [5.74, 6) is -1.09. The zero-order valence-electron chi connectivity index (χ0n) is 17.4. The molecule has 6 heteroatoms. The first-order valence-electron chi connectivity index (χ1n) is 11.0. The molecular formula is C26H22ClN3O2. The number of anilines is 1. The second-order valence-electron chi connectivity index (χ2n) is 8.77. The summed E-state index contributed by atoms with van der Waals surface area (Å²) in [5.41, 5.74) is 1.89. The third kappa shape index (κ3) is 2.52. The average molecular weight is 444 g/mol. The van der Waals surface area contributed by atoms with Crippen molar-refractivity contribution in [1.29, 1.82) is 0 Å². The van der Waals surface area contributed by atoms with Crippen LogP contribution in [0.15, 0.2) is 72.9 Å². The number of ketones is 1. The normalized spacial score (nSPS) is 28.5. The molecular weight excluding hydrogens is 422 g/mol. The Labute approximate surface area is 191 Å². The van der Waals surface area contributed by atoms with Crippen LogP contribution in [0, 0.1) is 5.92 Å². The SMILES string of the molecule is O=C(c1ccccn1)C1C(c2ccccc2Cl)C2CCCN2C12C(=O)Nc1ccccc12. The van der Waals surface area contributed by atoms with E-state index in [1.165, 1.54) is 0 Å². The lowest BCUT2D eigenvalue weighted by Crippen LogP contribution is -2.53. The number of nitrogens with zero attached hydrogens (tertiary/aromatic N) is 2. The first kappa shape index (κ1) is 19.6. The largest absolute Gasteiger partial charge is 0.324 e. The summed E-state index contributed by atoms with van der Waals surface area (Å²) in [6.45, 7) is 0.763. The number of para-hydroxylation sites is 1. The van der Waals surface area contributed by atoms with Crippen molar-refractivity contribution in [3.8, 4) is 0 Å². The van der Waals surface area contributed by atoms with Crippen molar-refractivity contribution < 1.29 is 9.59 Å². The Bertz CT molecular complexity index is 1230. The standard InChI is InChI=1S/C26H22ClN3O2/c27-18-10-3-1-8-16(18)22-21-13-7-15-30(21)26(17-9-2-4-11-19(17)29-25(26)32)23(22)24(31)20-12-5-6-14-28-20/h1-6,8-12,14,21-23H,7,13,15H2,(H,29,32). The van der Waals surface area contributed by atoms with Crippen molar-refractivity contribution in [1.82, 2.24) is 9.88 Å². The molecule has 5 nitrogen and oxygen atoms in total. The highest BCUT2D eigenvalue weighted by atomic mass is 35.5. The number of halogens is 1. The van der Waals surface area contributed by atoms with E-state index < -0.39 is 11.5 Å². The van der Waals surface area contributed by atoms with Crippen LogP contribution in [0.3, 0.4) is 0 Å². The Morgan fingerprint density at radius 3 is 2.66 bits per heavy atom. The van der Waals surface area contributed by atoms with Gasteiger partial charge in [0.15, 0.2) is 5.78 Å². The van der Waals surface area contributed by atoms with E-state index in [1.54, 1.807) is 18.3 Å². The summed E-state index contributed by atoms with van der Waals surface area (Å²) in [7, 11) is 0. The molecule has 0 bridgehead atoms. The van der Waals surface area contributed by atoms with Gasteiger partial charge in [0.1, 0.15) is 11.2 Å². The second kappa shape index (κ2) is 7.26. The lowest BCUT2D eigenvalue weighted by molar-refractivity contribution is -0.127. The summed E-state index contributed by atoms with van der Waals surface area (Å²) in [6.07, 6.45) is 3.52. The van der Waals surface area contributed by atoms with Crippen LogP contribution in [0.4, 0.5) is 5.69 Å². The number of carbonyl (C=O) groups excluding carboxylic acids is 2. The molecule has 32 heavy (non-hydrogen) atoms. The number of Topliss-reactive ketones (excluding diaryl/α,β-unsaturated/α-hetero) is 1. The van der Waals surface area contributed by atoms with Crippen molar-refractivity contribution in [3.63, 3.8) is 0 Å². The van der Waals surface area contributed by atoms with E-state index in [1.807, 2.05) is 54.6 Å². The van der Waals surface area contributed by atoms with Crippen LogP contribution in [0.2, 0.25) is 5.02 Å². The lowest BCUT2D eigenvalue weighted by atomic mass is 9.69. The van der Waals surface area contributed by atoms with Gasteiger partial charge >= 0.3 is 0 Å². The molecule has 160 valence electrons. The number of nitrogens with one attached hydrogen (secondary N) is 1. The van der Waals surface area contributed by atoms with Crippen molar-refractivity contribution in [2.24, 2.45) is 5.92 Å². The summed E-state index contributed by atoms with van der Waals surface area (Å²) in [6, 6.07) is 20.9. The van der Waals surface area contributed by atoms with Crippen LogP contribution >= 0.6 is 11.6 Å². The van der Waals surface area contributed by atoms with Gasteiger partial charge in [0.2, 0.25) is 5.91 Å². The molecule has 0 saturated carbocycles. The zero-order valence-corrected chi connectivity index (χ0v) is 18.1. The second-order valence-corrected chi connectivity index (χ2v) is 9.18. The number of rotatable bonds is 3. The number of hydrogen-bond donors (Lipinski definition) is 1. The maximum Gasteiger partial charge on any atom is 0.250 e. The van der Waals surface area contributed by atoms with Crippen LogP contribution in [-0.4, -0.2) is 34.2 Å². The molecule has 1 N–H and O–H groups in total. The van der Waals surface area contributed by atoms with Gasteiger partial charge in [-0.1, -0.05) is 54.1 Å². The minimum absolute atomic E-state index is 0.0458. The molecule has 4 unspecified atom stereocenters. The third-order valence-electron chi connectivity index (χ3n) is 7.37. The summed E-state index contributed by atoms with van der Waals surface area (Å²) >= 11 is 6.70. The highest BCUT2D eigenvalue weighted by Crippen LogP contribution is 2.61. The van der Waals surface area contributed by atoms with E-state index >= 15 is 0 Å². The molecule has 0 radical (unpaired) electrons. The molecule has 4 atom stereocenters. The highest BCUT2D eigenvalue weighted by molar-refractivity contribution is 6.31. The van der Waals surface area contributed by atoms with Crippen LogP contribution in [-0.2, 0) is 10.3 Å². The predicted molar refractivity (Wildman–Crippen MR) is 123 cm³/mol. The molecule has 4 heterocycles. The third-order valence-corrected chi connectivity index (χ3v) is 7.72. The molecule has 2 fully saturated rings. The fourth-order valence-electron chi connectivity index (χ4n) is 6.28. The van der Waals surface area contributed by atoms with Gasteiger partial charge in [0, 0.05) is 34.4 Å². The van der Waals surface area contributed by atoms with Crippen LogP contribution < -0.4 is 5.32 Å². The van der Waals surface area contributed by atoms with E-state index in [9.17, 15) is 9.59 Å². The van der Waals surface area contributed by atoms with Gasteiger partial charge in [-0.25, -0.2) is 0 Å². The summed E-state index contributed by atoms with van der Waals surface area (Å²) in [4.78, 5) is 34.7. The smallest absolute Gasteiger partial charge is 0.250 e. The van der Waals surface area contributed by atoms with E-state index in [-0.39, 0.29) is 23.7 Å². The van der Waals surface area contributed by atoms with Gasteiger partial charge in [0.25, 0.3) is 0 Å². The number of aromatic nitrogens is 1. The Hall–Kier alpha value is -3.02. The van der Waals surface area contributed by atoms with E-state index in [2.05, 4.69) is 15.2 Å². The molecule has 2 aromatic carbocycles. The molecule has 2 saturated heterocycles. The molecule has 1 spiro atoms. The molecule has 3 aliphatic heterocycles. The first-order valence-corrected chi connectivity index (χ1v) is 11.4. The quantitative estimate of drug-likeness (QED) is 0.599. The van der Waals surface area contributed by atoms with Gasteiger partial charge in [-0.05, 0) is 49.2 Å². The number of fused-ring (bicyclic) bond motifs is 4. The van der Waals surface area contributed by atoms with Gasteiger partial charge < -0.3 is 5.32 Å². The number of amides is 1. The zero-order chi connectivity index (χ0) is 21.9. The summed E-state index contributed by atoms with van der Waals surface area (Å²) < 4.78 is 0. The predicted octanol–water partition coefficient (Wildman–Crippen LogP) is 4.64. The Morgan fingerprint density at radius 1 is 1.06 bits per heavy atom. The van der Waals surface area contributed by atoms with Gasteiger partial charge in [-0.3, -0.25) is 19.5 Å². The van der Waals surface area contributed by atoms with Crippen molar-refractivity contribution in [3.05, 3.63) is 94.8 Å². The Morgan fingerprint density at radius 2 is 1.84 bits per heavy atom. The van der Waals surface area contributed by atoms with Crippen LogP contribution in [0.25, 0.3) is 0 Å². The maximum atomic E-state index is 14.2. The molecule has 1 aromatic heterocycles. The van der Waals surface area contributed by atoms with Gasteiger partial charge in [-0.15, -0.1) is 0 Å². The number of carbonyl (C=O) groups is 2. The summed E-state index contributed by atoms with van der Waals surface area (Å²) in [5, 5.41) is 3.71. The molecule has 3 aliphatic rings. The maximum absolute atomic E-state index is 14.2. The number of pyridine rings is 1. The Balaban J connectivity index is 1.64. The van der Waals surface area contributed by atoms with Gasteiger partial charge in [-0.2, -0.15) is 0 Å². The number of hydrogen-bond acceptors (Lipinski definition) is 4. The van der Waals surface area contributed by atoms with Gasteiger partial charge in [0.05, 0.1) is 5.92 Å². The molecule has 1 amide bonds. The lowest BCUT2D eigenvalue weighted by Gasteiger charge is -2.36. The minimum Gasteiger partial charge on any atom is -0.324 e. The monoisotopic (exact) mass is 443 g/mol. The first-order chi connectivity index (χ1) is 15.6. The van der Waals surface area contributed by atoms with E-state index in [4.69, 9.17) is 11.6 Å². The van der Waals surface area contributed by atoms with E-state index in [0.29, 0.717) is 10.7 Å². The van der Waals surface area contributed by atoms with E-state index in [0.717, 1.165) is 36.2 Å². The Kier molecular flexibility index (Phi) is 4.46. The molecule has 0 aliphatic carbocycles. The highest BCUT2D eigenvalue weighted by Gasteiger charge is 2.69. The fourth-order valence-corrected chi connectivity index (χ4v) is 6.54. The average Bonchev–Trinajstić information content (AvgIpc) is 3.48. The van der Waals surface area contributed by atoms with Crippen LogP contribution in [0.1, 0.15) is 40.4 Å². The number of benzene rings is 2.